The summed E-state index contributed by atoms with van der Waals surface area (Å²) in [7, 11) is 0. The number of carbonyl (C=O) groups excluding carboxylic acids is 2. The lowest BCUT2D eigenvalue weighted by Gasteiger charge is -2.20. The van der Waals surface area contributed by atoms with Crippen molar-refractivity contribution in [3.8, 4) is 11.1 Å². The van der Waals surface area contributed by atoms with E-state index in [1.54, 1.807) is 24.0 Å². The van der Waals surface area contributed by atoms with Crippen molar-refractivity contribution < 1.29 is 9.59 Å². The highest BCUT2D eigenvalue weighted by Crippen LogP contribution is 2.40. The third-order valence-corrected chi connectivity index (χ3v) is 5.94. The second-order valence-corrected chi connectivity index (χ2v) is 7.79. The summed E-state index contributed by atoms with van der Waals surface area (Å²) in [5.74, 6) is -0.164. The van der Waals surface area contributed by atoms with Crippen LogP contribution in [0.5, 0.6) is 0 Å². The number of aromatic amines is 1. The number of rotatable bonds is 5. The highest BCUT2D eigenvalue weighted by Gasteiger charge is 2.20. The van der Waals surface area contributed by atoms with Gasteiger partial charge in [0.05, 0.1) is 22.6 Å². The van der Waals surface area contributed by atoms with Gasteiger partial charge in [-0.3, -0.25) is 9.59 Å². The lowest BCUT2D eigenvalue weighted by Crippen LogP contribution is -2.14. The van der Waals surface area contributed by atoms with Crippen LogP contribution in [0.15, 0.2) is 48.1 Å². The number of thioether (sulfide) groups is 1. The maximum absolute atomic E-state index is 11.9. The van der Waals surface area contributed by atoms with Gasteiger partial charge in [-0.15, -0.1) is 23.4 Å². The van der Waals surface area contributed by atoms with Crippen LogP contribution in [0.4, 0.5) is 11.4 Å². The van der Waals surface area contributed by atoms with Crippen molar-refractivity contribution in [1.82, 2.24) is 4.98 Å². The van der Waals surface area contributed by atoms with Crippen molar-refractivity contribution in [3.05, 3.63) is 59.3 Å². The zero-order valence-electron chi connectivity index (χ0n) is 15.7. The summed E-state index contributed by atoms with van der Waals surface area (Å²) >= 11 is 7.40. The number of anilines is 2. The number of halogens is 1. The normalized spacial score (nSPS) is 13.2. The Morgan fingerprint density at radius 1 is 1.28 bits per heavy atom. The lowest BCUT2D eigenvalue weighted by molar-refractivity contribution is -0.113. The van der Waals surface area contributed by atoms with Gasteiger partial charge in [-0.05, 0) is 41.2 Å². The van der Waals surface area contributed by atoms with Gasteiger partial charge >= 0.3 is 0 Å². The summed E-state index contributed by atoms with van der Waals surface area (Å²) in [6, 6.07) is 9.70. The molecule has 0 fully saturated rings. The monoisotopic (exact) mass is 426 g/mol. The summed E-state index contributed by atoms with van der Waals surface area (Å²) in [6.07, 6.45) is 3.72. The molecule has 3 aromatic rings. The van der Waals surface area contributed by atoms with E-state index in [0.29, 0.717) is 16.8 Å². The zero-order chi connectivity index (χ0) is 20.5. The summed E-state index contributed by atoms with van der Waals surface area (Å²) in [5, 5.41) is 5.60. The molecule has 0 spiro atoms. The minimum Gasteiger partial charge on any atom is -0.366 e. The molecule has 8 heteroatoms. The molecule has 1 aliphatic rings. The Kier molecular flexibility index (Phi) is 5.25. The van der Waals surface area contributed by atoms with Crippen molar-refractivity contribution in [2.75, 3.05) is 22.0 Å². The highest BCUT2D eigenvalue weighted by atomic mass is 35.5. The maximum Gasteiger partial charge on any atom is 0.250 e. The molecular weight excluding hydrogens is 408 g/mol. The van der Waals surface area contributed by atoms with Gasteiger partial charge in [0.15, 0.2) is 0 Å². The molecule has 0 bridgehead atoms. The molecule has 4 rings (SSSR count). The number of nitrogens with two attached hydrogens (primary N) is 1. The van der Waals surface area contributed by atoms with E-state index >= 15 is 0 Å². The summed E-state index contributed by atoms with van der Waals surface area (Å²) < 4.78 is 0. The van der Waals surface area contributed by atoms with E-state index in [1.807, 2.05) is 18.2 Å². The van der Waals surface area contributed by atoms with Gasteiger partial charge in [0.2, 0.25) is 5.91 Å². The van der Waals surface area contributed by atoms with E-state index < -0.39 is 5.91 Å². The van der Waals surface area contributed by atoms with Gasteiger partial charge in [0.25, 0.3) is 5.91 Å². The maximum atomic E-state index is 11.9. The fourth-order valence-electron chi connectivity index (χ4n) is 3.62. The fourth-order valence-corrected chi connectivity index (χ4v) is 4.39. The minimum absolute atomic E-state index is 0.162. The fraction of sp³-hybridized carbons (Fsp3) is 0.143. The number of fused-ring (bicyclic) bond motifs is 1. The van der Waals surface area contributed by atoms with E-state index in [-0.39, 0.29) is 11.8 Å². The molecule has 0 saturated carbocycles. The van der Waals surface area contributed by atoms with Gasteiger partial charge in [0, 0.05) is 23.5 Å². The van der Waals surface area contributed by atoms with E-state index in [4.69, 9.17) is 17.3 Å². The molecule has 0 unspecified atom stereocenters. The third kappa shape index (κ3) is 3.47. The first-order valence-corrected chi connectivity index (χ1v) is 10.5. The first kappa shape index (κ1) is 19.4. The Morgan fingerprint density at radius 3 is 2.79 bits per heavy atom. The average molecular weight is 427 g/mol. The van der Waals surface area contributed by atoms with Crippen LogP contribution in [0.25, 0.3) is 22.0 Å². The number of alkyl halides is 1. The second-order valence-electron chi connectivity index (χ2n) is 6.66. The van der Waals surface area contributed by atoms with E-state index in [1.165, 1.54) is 0 Å². The number of primary amides is 1. The number of nitrogens with zero attached hydrogens (tertiary/aromatic N) is 1. The molecule has 6 nitrogen and oxygen atoms in total. The van der Waals surface area contributed by atoms with Crippen LogP contribution in [0.3, 0.4) is 0 Å². The molecule has 148 valence electrons. The number of H-pyrrole nitrogens is 1. The Hall–Kier alpha value is -2.90. The van der Waals surface area contributed by atoms with Crippen LogP contribution in [-0.4, -0.2) is 28.6 Å². The molecule has 29 heavy (non-hydrogen) atoms. The highest BCUT2D eigenvalue weighted by molar-refractivity contribution is 8.02. The van der Waals surface area contributed by atoms with Gasteiger partial charge in [0.1, 0.15) is 5.88 Å². The molecule has 1 aromatic heterocycles. The Morgan fingerprint density at radius 2 is 2.10 bits per heavy atom. The standard InChI is InChI=1S/C21H19ClN4O2S/c1-12-13(3-2-4-17(12)26-7-8-29-11-26)14-5-6-15(21(23)28)20-19(14)16(10-24-20)25-18(27)9-22/h2-8,10,24H,9,11H2,1H3,(H2,23,28)(H,25,27). The molecule has 2 amide bonds. The van der Waals surface area contributed by atoms with E-state index in [9.17, 15) is 9.59 Å². The molecule has 0 aliphatic carbocycles. The van der Waals surface area contributed by atoms with Crippen molar-refractivity contribution in [3.63, 3.8) is 0 Å². The van der Waals surface area contributed by atoms with Gasteiger partial charge < -0.3 is 20.9 Å². The Bertz CT molecular complexity index is 1160. The zero-order valence-corrected chi connectivity index (χ0v) is 17.2. The largest absolute Gasteiger partial charge is 0.366 e. The van der Waals surface area contributed by atoms with Crippen LogP contribution in [0, 0.1) is 6.92 Å². The molecule has 2 aromatic carbocycles. The van der Waals surface area contributed by atoms with Gasteiger partial charge in [-0.1, -0.05) is 18.2 Å². The molecule has 2 heterocycles. The van der Waals surface area contributed by atoms with Gasteiger partial charge in [-0.2, -0.15) is 0 Å². The Labute approximate surface area is 177 Å². The number of carbonyl (C=O) groups is 2. The average Bonchev–Trinajstić information content (AvgIpc) is 3.38. The smallest absolute Gasteiger partial charge is 0.250 e. The number of amides is 2. The molecule has 1 aliphatic heterocycles. The van der Waals surface area contributed by atoms with Crippen LogP contribution in [-0.2, 0) is 4.79 Å². The van der Waals surface area contributed by atoms with E-state index in [2.05, 4.69) is 39.8 Å². The minimum atomic E-state index is -0.539. The topological polar surface area (TPSA) is 91.2 Å². The summed E-state index contributed by atoms with van der Waals surface area (Å²) in [5.41, 5.74) is 11.2. The van der Waals surface area contributed by atoms with Crippen molar-refractivity contribution >= 4 is 57.5 Å². The molecule has 0 atom stereocenters. The van der Waals surface area contributed by atoms with Crippen LogP contribution in [0.2, 0.25) is 0 Å². The number of aromatic nitrogens is 1. The first-order chi connectivity index (χ1) is 14.0. The number of benzene rings is 2. The molecular formula is C21H19ClN4O2S. The van der Waals surface area contributed by atoms with Crippen molar-refractivity contribution in [2.45, 2.75) is 6.92 Å². The number of hydrogen-bond acceptors (Lipinski definition) is 4. The predicted molar refractivity (Wildman–Crippen MR) is 120 cm³/mol. The molecule has 0 radical (unpaired) electrons. The third-order valence-electron chi connectivity index (χ3n) is 4.95. The summed E-state index contributed by atoms with van der Waals surface area (Å²) in [6.45, 7) is 2.07. The van der Waals surface area contributed by atoms with Crippen molar-refractivity contribution in [2.24, 2.45) is 5.73 Å². The number of nitrogens with one attached hydrogen (secondary N) is 2. The summed E-state index contributed by atoms with van der Waals surface area (Å²) in [4.78, 5) is 29.1. The van der Waals surface area contributed by atoms with Crippen LogP contribution < -0.4 is 16.0 Å². The predicted octanol–water partition coefficient (Wildman–Crippen LogP) is 4.40. The Balaban J connectivity index is 1.94. The first-order valence-electron chi connectivity index (χ1n) is 8.96. The van der Waals surface area contributed by atoms with Gasteiger partial charge in [-0.25, -0.2) is 0 Å². The molecule has 4 N–H and O–H groups in total. The van der Waals surface area contributed by atoms with Crippen LogP contribution >= 0.6 is 23.4 Å². The van der Waals surface area contributed by atoms with E-state index in [0.717, 1.165) is 33.6 Å². The lowest BCUT2D eigenvalue weighted by atomic mass is 9.94. The quantitative estimate of drug-likeness (QED) is 0.527. The second kappa shape index (κ2) is 7.85. The van der Waals surface area contributed by atoms with Crippen molar-refractivity contribution in [1.29, 1.82) is 0 Å². The molecule has 0 saturated heterocycles. The van der Waals surface area contributed by atoms with Crippen LogP contribution in [0.1, 0.15) is 15.9 Å². The number of hydrogen-bond donors (Lipinski definition) is 3. The SMILES string of the molecule is Cc1c(-c2ccc(C(N)=O)c3[nH]cc(NC(=O)CCl)c23)cccc1N1C=CSC1.